The monoisotopic (exact) mass is 243 g/mol. The van der Waals surface area contributed by atoms with Gasteiger partial charge >= 0.3 is 11.8 Å². The van der Waals surface area contributed by atoms with Crippen LogP contribution in [0.25, 0.3) is 0 Å². The van der Waals surface area contributed by atoms with Crippen LogP contribution in [0.5, 0.6) is 6.01 Å². The number of ether oxygens (including phenoxy) is 3. The van der Waals surface area contributed by atoms with E-state index in [0.717, 1.165) is 0 Å². The molecule has 2 heterocycles. The Morgan fingerprint density at radius 1 is 1.65 bits per heavy atom. The van der Waals surface area contributed by atoms with Crippen LogP contribution in [0.1, 0.15) is 6.92 Å². The Morgan fingerprint density at radius 3 is 2.76 bits per heavy atom. The first kappa shape index (κ1) is 11.8. The Hall–Kier alpha value is -1.67. The number of hydrogen-bond donors (Lipinski definition) is 0. The van der Waals surface area contributed by atoms with Gasteiger partial charge in [-0.25, -0.2) is 0 Å². The highest BCUT2D eigenvalue weighted by Crippen LogP contribution is 2.33. The summed E-state index contributed by atoms with van der Waals surface area (Å²) >= 11 is 0. The second-order valence-electron chi connectivity index (χ2n) is 3.98. The Kier molecular flexibility index (Phi) is 2.76. The number of fused-ring (bicyclic) bond motifs is 1. The molecule has 94 valence electrons. The topological polar surface area (TPSA) is 88.7 Å². The number of nitro groups is 1. The van der Waals surface area contributed by atoms with E-state index < -0.39 is 16.8 Å². The Labute approximate surface area is 97.2 Å². The number of nitrogens with zero attached hydrogens (tertiary/aromatic N) is 3. The highest BCUT2D eigenvalue weighted by Gasteiger charge is 2.46. The van der Waals surface area contributed by atoms with Crippen molar-refractivity contribution in [2.45, 2.75) is 25.4 Å². The zero-order valence-electron chi connectivity index (χ0n) is 9.74. The molecule has 1 aliphatic heterocycles. The minimum absolute atomic E-state index is 0.207. The van der Waals surface area contributed by atoms with Crippen LogP contribution in [0.15, 0.2) is 6.20 Å². The minimum atomic E-state index is -0.735. The van der Waals surface area contributed by atoms with Crippen LogP contribution in [-0.4, -0.2) is 40.6 Å². The lowest BCUT2D eigenvalue weighted by molar-refractivity contribution is -0.389. The van der Waals surface area contributed by atoms with Gasteiger partial charge in [0.25, 0.3) is 0 Å². The third kappa shape index (κ3) is 1.85. The molecule has 1 aromatic rings. The van der Waals surface area contributed by atoms with Crippen LogP contribution in [-0.2, 0) is 16.0 Å². The second kappa shape index (κ2) is 3.97. The smallest absolute Gasteiger partial charge is 0.415 e. The van der Waals surface area contributed by atoms with Gasteiger partial charge in [-0.3, -0.25) is 4.57 Å². The van der Waals surface area contributed by atoms with Crippen molar-refractivity contribution >= 4 is 5.82 Å². The summed E-state index contributed by atoms with van der Waals surface area (Å²) in [4.78, 5) is 13.7. The average Bonchev–Trinajstić information content (AvgIpc) is 2.74. The van der Waals surface area contributed by atoms with Gasteiger partial charge in [0.2, 0.25) is 0 Å². The molecule has 1 aromatic heterocycles. The maximum atomic E-state index is 10.5. The number of methoxy groups -OCH3 is 2. The van der Waals surface area contributed by atoms with Crippen LogP contribution in [0.2, 0.25) is 0 Å². The van der Waals surface area contributed by atoms with Crippen molar-refractivity contribution in [3.05, 3.63) is 16.3 Å². The summed E-state index contributed by atoms with van der Waals surface area (Å²) in [6.07, 6.45) is 0.770. The molecular weight excluding hydrogens is 230 g/mol. The van der Waals surface area contributed by atoms with E-state index in [1.165, 1.54) is 20.4 Å². The quantitative estimate of drug-likeness (QED) is 0.436. The molecule has 0 bridgehead atoms. The van der Waals surface area contributed by atoms with Crippen molar-refractivity contribution in [3.8, 4) is 6.01 Å². The predicted molar refractivity (Wildman–Crippen MR) is 55.7 cm³/mol. The summed E-state index contributed by atoms with van der Waals surface area (Å²) in [6, 6.07) is 0.207. The van der Waals surface area contributed by atoms with Gasteiger partial charge < -0.3 is 24.3 Å². The first-order valence-corrected chi connectivity index (χ1v) is 4.96. The van der Waals surface area contributed by atoms with Crippen molar-refractivity contribution in [2.75, 3.05) is 14.2 Å². The molecule has 0 unspecified atom stereocenters. The van der Waals surface area contributed by atoms with Crippen LogP contribution < -0.4 is 4.74 Å². The minimum Gasteiger partial charge on any atom is -0.432 e. The molecule has 0 amide bonds. The number of rotatable bonds is 4. The molecule has 0 radical (unpaired) electrons. The molecular formula is C9H13N3O5. The molecule has 0 spiro atoms. The van der Waals surface area contributed by atoms with E-state index in [2.05, 4.69) is 4.98 Å². The lowest BCUT2D eigenvalue weighted by Crippen LogP contribution is -2.46. The van der Waals surface area contributed by atoms with Crippen LogP contribution in [0.3, 0.4) is 0 Å². The van der Waals surface area contributed by atoms with Crippen LogP contribution in [0.4, 0.5) is 5.82 Å². The summed E-state index contributed by atoms with van der Waals surface area (Å²) < 4.78 is 17.4. The largest absolute Gasteiger partial charge is 0.432 e. The van der Waals surface area contributed by atoms with Gasteiger partial charge in [-0.2, -0.15) is 0 Å². The van der Waals surface area contributed by atoms with Crippen molar-refractivity contribution in [1.29, 1.82) is 0 Å². The van der Waals surface area contributed by atoms with E-state index in [0.29, 0.717) is 6.54 Å². The maximum absolute atomic E-state index is 10.5. The van der Waals surface area contributed by atoms with E-state index in [9.17, 15) is 10.1 Å². The van der Waals surface area contributed by atoms with Gasteiger partial charge in [0.1, 0.15) is 6.20 Å². The first-order valence-electron chi connectivity index (χ1n) is 4.96. The van der Waals surface area contributed by atoms with Crippen LogP contribution in [0, 0.1) is 10.1 Å². The number of aromatic nitrogens is 2. The van der Waals surface area contributed by atoms with Gasteiger partial charge in [0, 0.05) is 19.2 Å². The van der Waals surface area contributed by atoms with Crippen molar-refractivity contribution in [3.63, 3.8) is 0 Å². The average molecular weight is 243 g/mol. The van der Waals surface area contributed by atoms with E-state index in [1.807, 2.05) is 0 Å². The fourth-order valence-corrected chi connectivity index (χ4v) is 1.96. The van der Waals surface area contributed by atoms with E-state index in [-0.39, 0.29) is 11.8 Å². The lowest BCUT2D eigenvalue weighted by atomic mass is 10.1. The van der Waals surface area contributed by atoms with Crippen molar-refractivity contribution in [2.24, 2.45) is 0 Å². The van der Waals surface area contributed by atoms with Gasteiger partial charge in [-0.15, -0.1) is 0 Å². The third-order valence-corrected chi connectivity index (χ3v) is 2.65. The molecule has 0 fully saturated rings. The first-order chi connectivity index (χ1) is 8.00. The standard InChI is InChI=1S/C9H13N3O5/c1-9(7(15-2)16-3)5-11-4-6(12(13)14)10-8(11)17-9/h4,7H,5H2,1-3H3/t9-/m1/s1. The SMILES string of the molecule is COC(OC)[C@@]1(C)Cn2cc([N+](=O)[O-])nc2O1. The fourth-order valence-electron chi connectivity index (χ4n) is 1.96. The summed E-state index contributed by atoms with van der Waals surface area (Å²) in [7, 11) is 3.01. The Balaban J connectivity index is 2.21. The van der Waals surface area contributed by atoms with E-state index >= 15 is 0 Å². The van der Waals surface area contributed by atoms with Crippen LogP contribution >= 0.6 is 0 Å². The van der Waals surface area contributed by atoms with Gasteiger partial charge in [-0.1, -0.05) is 0 Å². The molecule has 1 aliphatic rings. The molecule has 17 heavy (non-hydrogen) atoms. The van der Waals surface area contributed by atoms with Crippen molar-refractivity contribution < 1.29 is 19.1 Å². The van der Waals surface area contributed by atoms with E-state index in [1.54, 1.807) is 11.5 Å². The van der Waals surface area contributed by atoms with E-state index in [4.69, 9.17) is 14.2 Å². The maximum Gasteiger partial charge on any atom is 0.415 e. The summed E-state index contributed by atoms with van der Waals surface area (Å²) in [5, 5.41) is 10.5. The highest BCUT2D eigenvalue weighted by atomic mass is 16.7. The van der Waals surface area contributed by atoms with Gasteiger partial charge in [-0.05, 0) is 11.8 Å². The molecule has 0 aliphatic carbocycles. The molecule has 0 saturated carbocycles. The second-order valence-corrected chi connectivity index (χ2v) is 3.98. The summed E-state index contributed by atoms with van der Waals surface area (Å²) in [5.74, 6) is -0.228. The predicted octanol–water partition coefficient (Wildman–Crippen LogP) is 0.561. The molecule has 1 atom stereocenters. The van der Waals surface area contributed by atoms with Gasteiger partial charge in [0.05, 0.1) is 6.54 Å². The zero-order chi connectivity index (χ0) is 12.6. The molecule has 2 rings (SSSR count). The molecule has 8 heteroatoms. The third-order valence-electron chi connectivity index (χ3n) is 2.65. The number of hydrogen-bond acceptors (Lipinski definition) is 6. The number of imidazole rings is 1. The Bertz CT molecular complexity index is 416. The lowest BCUT2D eigenvalue weighted by Gasteiger charge is -2.29. The zero-order valence-corrected chi connectivity index (χ0v) is 9.74. The van der Waals surface area contributed by atoms with Gasteiger partial charge in [0.15, 0.2) is 11.9 Å². The molecule has 0 saturated heterocycles. The summed E-state index contributed by atoms with van der Waals surface area (Å²) in [6.45, 7) is 2.18. The Morgan fingerprint density at radius 2 is 2.29 bits per heavy atom. The molecule has 0 N–H and O–H groups in total. The summed E-state index contributed by atoms with van der Waals surface area (Å²) in [5.41, 5.74) is -0.735. The molecule has 8 nitrogen and oxygen atoms in total. The highest BCUT2D eigenvalue weighted by molar-refractivity contribution is 5.23. The van der Waals surface area contributed by atoms with Crippen molar-refractivity contribution in [1.82, 2.24) is 9.55 Å². The normalized spacial score (nSPS) is 22.6. The molecule has 0 aromatic carbocycles. The fraction of sp³-hybridized carbons (Fsp3) is 0.667.